The van der Waals surface area contributed by atoms with Gasteiger partial charge in [0.1, 0.15) is 6.26 Å². The van der Waals surface area contributed by atoms with E-state index in [1.807, 2.05) is 4.90 Å². The Kier molecular flexibility index (Phi) is 5.83. The number of piperidine rings is 1. The summed E-state index contributed by atoms with van der Waals surface area (Å²) in [5, 5.41) is 10.2. The van der Waals surface area contributed by atoms with Gasteiger partial charge in [0.05, 0.1) is 12.7 Å². The van der Waals surface area contributed by atoms with Crippen LogP contribution in [0.3, 0.4) is 0 Å². The van der Waals surface area contributed by atoms with E-state index in [0.717, 1.165) is 32.4 Å². The number of carbonyl (C=O) groups is 1. The number of nitrogens with zero attached hydrogens (tertiary/aromatic N) is 2. The molecule has 1 fully saturated rings. The summed E-state index contributed by atoms with van der Waals surface area (Å²) in [5.41, 5.74) is 0.207. The van der Waals surface area contributed by atoms with Crippen LogP contribution in [-0.4, -0.2) is 41.9 Å². The fraction of sp³-hybridized carbons (Fsp3) is 0.750. The molecule has 0 bridgehead atoms. The highest BCUT2D eigenvalue weighted by molar-refractivity contribution is 5.87. The molecule has 0 unspecified atom stereocenters. The van der Waals surface area contributed by atoms with Gasteiger partial charge in [-0.25, -0.2) is 4.79 Å². The third kappa shape index (κ3) is 4.22. The molecule has 2 heterocycles. The van der Waals surface area contributed by atoms with Gasteiger partial charge in [-0.05, 0) is 38.0 Å². The average molecular weight is 310 g/mol. The SMILES string of the molecule is CCOC(=O)c1coc(N2CCC([C@H](O)CC(C)C)CC2)n1. The second-order valence-corrected chi connectivity index (χ2v) is 6.26. The molecule has 6 heteroatoms. The second kappa shape index (κ2) is 7.63. The molecule has 1 aliphatic heterocycles. The van der Waals surface area contributed by atoms with Gasteiger partial charge in [-0.2, -0.15) is 4.98 Å². The smallest absolute Gasteiger partial charge is 0.360 e. The van der Waals surface area contributed by atoms with E-state index in [0.29, 0.717) is 24.5 Å². The van der Waals surface area contributed by atoms with Crippen molar-refractivity contribution in [3.63, 3.8) is 0 Å². The van der Waals surface area contributed by atoms with E-state index in [1.54, 1.807) is 6.92 Å². The molecule has 1 aromatic heterocycles. The Labute approximate surface area is 131 Å². The maximum atomic E-state index is 11.6. The minimum atomic E-state index is -0.459. The lowest BCUT2D eigenvalue weighted by atomic mass is 9.87. The molecular weight excluding hydrogens is 284 g/mol. The van der Waals surface area contributed by atoms with Crippen molar-refractivity contribution >= 4 is 12.0 Å². The molecule has 0 radical (unpaired) electrons. The molecule has 2 rings (SSSR count). The van der Waals surface area contributed by atoms with E-state index in [-0.39, 0.29) is 11.8 Å². The normalized spacial score (nSPS) is 17.8. The van der Waals surface area contributed by atoms with E-state index in [9.17, 15) is 9.90 Å². The van der Waals surface area contributed by atoms with Gasteiger partial charge >= 0.3 is 5.97 Å². The lowest BCUT2D eigenvalue weighted by molar-refractivity contribution is 0.0519. The summed E-state index contributed by atoms with van der Waals surface area (Å²) in [7, 11) is 0. The molecule has 0 aliphatic carbocycles. The quantitative estimate of drug-likeness (QED) is 0.814. The predicted octanol–water partition coefficient (Wildman–Crippen LogP) is 2.47. The number of aliphatic hydroxyl groups is 1. The zero-order chi connectivity index (χ0) is 16.1. The number of anilines is 1. The molecule has 0 saturated carbocycles. The molecule has 1 saturated heterocycles. The number of hydrogen-bond donors (Lipinski definition) is 1. The van der Waals surface area contributed by atoms with E-state index >= 15 is 0 Å². The van der Waals surface area contributed by atoms with Gasteiger partial charge in [-0.3, -0.25) is 0 Å². The Hall–Kier alpha value is -1.56. The van der Waals surface area contributed by atoms with Crippen LogP contribution in [0, 0.1) is 11.8 Å². The van der Waals surface area contributed by atoms with Crippen LogP contribution in [0.5, 0.6) is 0 Å². The van der Waals surface area contributed by atoms with Crippen molar-refractivity contribution in [2.75, 3.05) is 24.6 Å². The standard InChI is InChI=1S/C16H26N2O4/c1-4-21-15(20)13-10-22-16(17-13)18-7-5-12(6-8-18)14(19)9-11(2)3/h10-12,14,19H,4-9H2,1-3H3/t14-/m1/s1. The molecule has 1 aliphatic rings. The number of oxazole rings is 1. The summed E-state index contributed by atoms with van der Waals surface area (Å²) in [6.07, 6.45) is 3.77. The van der Waals surface area contributed by atoms with Gasteiger partial charge in [0.15, 0.2) is 5.69 Å². The third-order valence-corrected chi connectivity index (χ3v) is 4.04. The monoisotopic (exact) mass is 310 g/mol. The predicted molar refractivity (Wildman–Crippen MR) is 82.9 cm³/mol. The maximum Gasteiger partial charge on any atom is 0.360 e. The number of ether oxygens (including phenoxy) is 1. The van der Waals surface area contributed by atoms with Crippen LogP contribution in [0.4, 0.5) is 6.01 Å². The van der Waals surface area contributed by atoms with Crippen LogP contribution in [0.2, 0.25) is 0 Å². The van der Waals surface area contributed by atoms with Gasteiger partial charge in [0.2, 0.25) is 0 Å². The van der Waals surface area contributed by atoms with E-state index in [1.165, 1.54) is 6.26 Å². The first-order valence-electron chi connectivity index (χ1n) is 8.07. The van der Waals surface area contributed by atoms with Crippen molar-refractivity contribution in [3.05, 3.63) is 12.0 Å². The molecular formula is C16H26N2O4. The summed E-state index contributed by atoms with van der Waals surface area (Å²) in [5.74, 6) is 0.379. The topological polar surface area (TPSA) is 75.8 Å². The molecule has 1 N–H and O–H groups in total. The molecule has 124 valence electrons. The summed E-state index contributed by atoms with van der Waals surface area (Å²) in [6, 6.07) is 0.458. The fourth-order valence-corrected chi connectivity index (χ4v) is 2.86. The zero-order valence-corrected chi connectivity index (χ0v) is 13.6. The number of aromatic nitrogens is 1. The molecule has 0 spiro atoms. The van der Waals surface area contributed by atoms with Crippen LogP contribution in [-0.2, 0) is 4.74 Å². The minimum absolute atomic E-state index is 0.207. The summed E-state index contributed by atoms with van der Waals surface area (Å²) in [4.78, 5) is 17.8. The van der Waals surface area contributed by atoms with Crippen LogP contribution >= 0.6 is 0 Å². The molecule has 1 aromatic rings. The largest absolute Gasteiger partial charge is 0.461 e. The number of rotatable bonds is 6. The van der Waals surface area contributed by atoms with Crippen LogP contribution in [0.1, 0.15) is 50.5 Å². The number of hydrogen-bond acceptors (Lipinski definition) is 6. The van der Waals surface area contributed by atoms with E-state index < -0.39 is 5.97 Å². The van der Waals surface area contributed by atoms with E-state index in [2.05, 4.69) is 18.8 Å². The van der Waals surface area contributed by atoms with Crippen LogP contribution < -0.4 is 4.90 Å². The first-order chi connectivity index (χ1) is 10.5. The van der Waals surface area contributed by atoms with Gasteiger partial charge in [0.25, 0.3) is 6.01 Å². The van der Waals surface area contributed by atoms with Crippen molar-refractivity contribution in [2.45, 2.75) is 46.1 Å². The van der Waals surface area contributed by atoms with Gasteiger partial charge in [0, 0.05) is 13.1 Å². The summed E-state index contributed by atoms with van der Waals surface area (Å²) < 4.78 is 10.3. The van der Waals surface area contributed by atoms with Crippen LogP contribution in [0.15, 0.2) is 10.7 Å². The second-order valence-electron chi connectivity index (χ2n) is 6.26. The third-order valence-electron chi connectivity index (χ3n) is 4.04. The summed E-state index contributed by atoms with van der Waals surface area (Å²) >= 11 is 0. The number of esters is 1. The Balaban J connectivity index is 1.88. The average Bonchev–Trinajstić information content (AvgIpc) is 2.97. The highest BCUT2D eigenvalue weighted by Gasteiger charge is 2.28. The highest BCUT2D eigenvalue weighted by atomic mass is 16.5. The van der Waals surface area contributed by atoms with Crippen molar-refractivity contribution in [3.8, 4) is 0 Å². The first-order valence-corrected chi connectivity index (χ1v) is 8.07. The highest BCUT2D eigenvalue weighted by Crippen LogP contribution is 2.27. The lowest BCUT2D eigenvalue weighted by Crippen LogP contribution is -2.38. The zero-order valence-electron chi connectivity index (χ0n) is 13.6. The molecule has 0 amide bonds. The molecule has 1 atom stereocenters. The first kappa shape index (κ1) is 16.8. The van der Waals surface area contributed by atoms with Gasteiger partial charge in [-0.1, -0.05) is 13.8 Å². The summed E-state index contributed by atoms with van der Waals surface area (Å²) in [6.45, 7) is 7.89. The van der Waals surface area contributed by atoms with Gasteiger partial charge < -0.3 is 19.2 Å². The van der Waals surface area contributed by atoms with Gasteiger partial charge in [-0.15, -0.1) is 0 Å². The van der Waals surface area contributed by atoms with E-state index in [4.69, 9.17) is 9.15 Å². The Morgan fingerprint density at radius 1 is 1.50 bits per heavy atom. The lowest BCUT2D eigenvalue weighted by Gasteiger charge is -2.33. The Morgan fingerprint density at radius 2 is 2.18 bits per heavy atom. The van der Waals surface area contributed by atoms with Crippen molar-refractivity contribution in [2.24, 2.45) is 11.8 Å². The molecule has 6 nitrogen and oxygen atoms in total. The minimum Gasteiger partial charge on any atom is -0.461 e. The molecule has 22 heavy (non-hydrogen) atoms. The maximum absolute atomic E-state index is 11.6. The Morgan fingerprint density at radius 3 is 2.77 bits per heavy atom. The van der Waals surface area contributed by atoms with Crippen LogP contribution in [0.25, 0.3) is 0 Å². The Bertz CT molecular complexity index is 478. The molecule has 0 aromatic carbocycles. The fourth-order valence-electron chi connectivity index (χ4n) is 2.86. The number of aliphatic hydroxyl groups excluding tert-OH is 1. The van der Waals surface area contributed by atoms with Crippen molar-refractivity contribution in [1.29, 1.82) is 0 Å². The van der Waals surface area contributed by atoms with Crippen molar-refractivity contribution < 1.29 is 19.1 Å². The van der Waals surface area contributed by atoms with Crippen molar-refractivity contribution in [1.82, 2.24) is 4.98 Å². The number of carbonyl (C=O) groups excluding carboxylic acids is 1.